The second-order valence-electron chi connectivity index (χ2n) is 4.54. The fraction of sp³-hybridized carbons (Fsp3) is 0.429. The van der Waals surface area contributed by atoms with Crippen molar-refractivity contribution < 1.29 is 0 Å². The number of nitrogens with zero attached hydrogens (tertiary/aromatic N) is 2. The topological polar surface area (TPSA) is 39.1 Å². The van der Waals surface area contributed by atoms with Crippen molar-refractivity contribution in [2.75, 3.05) is 18.4 Å². The molecule has 0 fully saturated rings. The third-order valence-corrected chi connectivity index (χ3v) is 2.75. The maximum atomic E-state index is 8.68. The molecule has 0 unspecified atom stereocenters. The number of benzene rings is 1. The first-order valence-corrected chi connectivity index (χ1v) is 6.52. The number of thiocarbonyl (C=S) groups is 1. The fourth-order valence-electron chi connectivity index (χ4n) is 1.63. The molecule has 0 saturated heterocycles. The van der Waals surface area contributed by atoms with E-state index in [1.165, 1.54) is 0 Å². The van der Waals surface area contributed by atoms with Crippen molar-refractivity contribution in [2.24, 2.45) is 5.92 Å². The van der Waals surface area contributed by atoms with Gasteiger partial charge in [-0.2, -0.15) is 5.26 Å². The molecule has 96 valence electrons. The van der Waals surface area contributed by atoms with Gasteiger partial charge in [0, 0.05) is 18.8 Å². The largest absolute Gasteiger partial charge is 0.348 e. The van der Waals surface area contributed by atoms with E-state index in [4.69, 9.17) is 17.5 Å². The maximum absolute atomic E-state index is 8.68. The summed E-state index contributed by atoms with van der Waals surface area (Å²) in [5.41, 5.74) is 0.980. The minimum Gasteiger partial charge on any atom is -0.348 e. The Labute approximate surface area is 114 Å². The molecule has 0 aliphatic heterocycles. The van der Waals surface area contributed by atoms with Gasteiger partial charge in [-0.05, 0) is 30.3 Å². The predicted molar refractivity (Wildman–Crippen MR) is 79.3 cm³/mol. The number of nitrogens with one attached hydrogen (secondary N) is 1. The van der Waals surface area contributed by atoms with Gasteiger partial charge in [0.1, 0.15) is 0 Å². The summed E-state index contributed by atoms with van der Waals surface area (Å²) in [6, 6.07) is 12.0. The Bertz CT molecular complexity index is 409. The predicted octanol–water partition coefficient (Wildman–Crippen LogP) is 3.26. The Kier molecular flexibility index (Phi) is 6.16. The van der Waals surface area contributed by atoms with Crippen LogP contribution in [-0.2, 0) is 0 Å². The highest BCUT2D eigenvalue weighted by atomic mass is 32.1. The minimum absolute atomic E-state index is 0.489. The molecular weight excluding hydrogens is 242 g/mol. The highest BCUT2D eigenvalue weighted by molar-refractivity contribution is 7.80. The molecule has 0 atom stereocenters. The summed E-state index contributed by atoms with van der Waals surface area (Å²) in [5.74, 6) is 0.513. The number of nitriles is 1. The van der Waals surface area contributed by atoms with Gasteiger partial charge in [-0.1, -0.05) is 32.0 Å². The van der Waals surface area contributed by atoms with Crippen molar-refractivity contribution in [1.82, 2.24) is 4.90 Å². The molecule has 18 heavy (non-hydrogen) atoms. The molecule has 1 aromatic rings. The highest BCUT2D eigenvalue weighted by Crippen LogP contribution is 2.08. The van der Waals surface area contributed by atoms with E-state index >= 15 is 0 Å². The van der Waals surface area contributed by atoms with Crippen molar-refractivity contribution in [3.63, 3.8) is 0 Å². The van der Waals surface area contributed by atoms with Gasteiger partial charge in [0.25, 0.3) is 0 Å². The van der Waals surface area contributed by atoms with Crippen LogP contribution in [-0.4, -0.2) is 23.1 Å². The first kappa shape index (κ1) is 14.5. The molecule has 1 N–H and O–H groups in total. The van der Waals surface area contributed by atoms with Gasteiger partial charge in [-0.15, -0.1) is 0 Å². The molecule has 1 aromatic carbocycles. The van der Waals surface area contributed by atoms with Gasteiger partial charge in [-0.3, -0.25) is 0 Å². The SMILES string of the molecule is CC(C)CN(CCC#N)C(=S)Nc1ccccc1. The Morgan fingerprint density at radius 1 is 1.39 bits per heavy atom. The number of rotatable bonds is 5. The monoisotopic (exact) mass is 261 g/mol. The number of hydrogen-bond donors (Lipinski definition) is 1. The summed E-state index contributed by atoms with van der Waals surface area (Å²) < 4.78 is 0. The number of hydrogen-bond acceptors (Lipinski definition) is 2. The number of anilines is 1. The van der Waals surface area contributed by atoms with Crippen LogP contribution >= 0.6 is 12.2 Å². The van der Waals surface area contributed by atoms with Crippen molar-refractivity contribution in [1.29, 1.82) is 5.26 Å². The standard InChI is InChI=1S/C14H19N3S/c1-12(2)11-17(10-6-9-15)14(18)16-13-7-4-3-5-8-13/h3-5,7-8,12H,6,10-11H2,1-2H3,(H,16,18). The van der Waals surface area contributed by atoms with Crippen LogP contribution in [0.5, 0.6) is 0 Å². The van der Waals surface area contributed by atoms with Crippen molar-refractivity contribution in [3.8, 4) is 6.07 Å². The average molecular weight is 261 g/mol. The quantitative estimate of drug-likeness (QED) is 0.826. The Morgan fingerprint density at radius 3 is 2.61 bits per heavy atom. The van der Waals surface area contributed by atoms with E-state index in [1.807, 2.05) is 30.3 Å². The smallest absolute Gasteiger partial charge is 0.173 e. The van der Waals surface area contributed by atoms with E-state index in [0.717, 1.165) is 12.2 Å². The molecule has 1 rings (SSSR count). The van der Waals surface area contributed by atoms with Crippen LogP contribution in [0.3, 0.4) is 0 Å². The van der Waals surface area contributed by atoms with E-state index in [9.17, 15) is 0 Å². The molecule has 4 heteroatoms. The maximum Gasteiger partial charge on any atom is 0.173 e. The summed E-state index contributed by atoms with van der Waals surface area (Å²) in [6.07, 6.45) is 0.489. The molecule has 0 saturated carbocycles. The van der Waals surface area contributed by atoms with Crippen molar-refractivity contribution in [3.05, 3.63) is 30.3 Å². The summed E-state index contributed by atoms with van der Waals surface area (Å²) in [5, 5.41) is 12.6. The second-order valence-corrected chi connectivity index (χ2v) is 4.93. The highest BCUT2D eigenvalue weighted by Gasteiger charge is 2.11. The minimum atomic E-state index is 0.489. The molecular formula is C14H19N3S. The van der Waals surface area contributed by atoms with Crippen LogP contribution < -0.4 is 5.32 Å². The van der Waals surface area contributed by atoms with Crippen LogP contribution in [0.1, 0.15) is 20.3 Å². The van der Waals surface area contributed by atoms with E-state index in [2.05, 4.69) is 30.1 Å². The Morgan fingerprint density at radius 2 is 2.06 bits per heavy atom. The third-order valence-electron chi connectivity index (χ3n) is 2.39. The molecule has 0 aliphatic carbocycles. The zero-order valence-electron chi connectivity index (χ0n) is 10.9. The molecule has 0 aliphatic rings. The first-order valence-electron chi connectivity index (χ1n) is 6.11. The van der Waals surface area contributed by atoms with E-state index < -0.39 is 0 Å². The number of para-hydroxylation sites is 1. The Balaban J connectivity index is 2.61. The third kappa shape index (κ3) is 5.15. The van der Waals surface area contributed by atoms with Gasteiger partial charge in [0.05, 0.1) is 12.5 Å². The zero-order valence-corrected chi connectivity index (χ0v) is 11.7. The van der Waals surface area contributed by atoms with E-state index in [1.54, 1.807) is 0 Å². The lowest BCUT2D eigenvalue weighted by molar-refractivity contribution is 0.376. The molecule has 0 bridgehead atoms. The van der Waals surface area contributed by atoms with Crippen LogP contribution in [0.25, 0.3) is 0 Å². The summed E-state index contributed by atoms with van der Waals surface area (Å²) in [4.78, 5) is 2.05. The van der Waals surface area contributed by atoms with Crippen LogP contribution in [0.4, 0.5) is 5.69 Å². The van der Waals surface area contributed by atoms with E-state index in [-0.39, 0.29) is 0 Å². The normalized spacial score (nSPS) is 9.89. The zero-order chi connectivity index (χ0) is 13.4. The van der Waals surface area contributed by atoms with Gasteiger partial charge < -0.3 is 10.2 Å². The second kappa shape index (κ2) is 7.67. The first-order chi connectivity index (χ1) is 8.63. The molecule has 0 radical (unpaired) electrons. The van der Waals surface area contributed by atoms with Crippen molar-refractivity contribution in [2.45, 2.75) is 20.3 Å². The van der Waals surface area contributed by atoms with Crippen LogP contribution in [0.15, 0.2) is 30.3 Å². The summed E-state index contributed by atoms with van der Waals surface area (Å²) in [7, 11) is 0. The lowest BCUT2D eigenvalue weighted by Crippen LogP contribution is -2.38. The average Bonchev–Trinajstić information content (AvgIpc) is 2.35. The van der Waals surface area contributed by atoms with Gasteiger partial charge in [0.2, 0.25) is 0 Å². The summed E-state index contributed by atoms with van der Waals surface area (Å²) in [6.45, 7) is 5.82. The van der Waals surface area contributed by atoms with Crippen LogP contribution in [0, 0.1) is 17.2 Å². The van der Waals surface area contributed by atoms with Crippen LogP contribution in [0.2, 0.25) is 0 Å². The lowest BCUT2D eigenvalue weighted by atomic mass is 10.2. The van der Waals surface area contributed by atoms with Gasteiger partial charge in [0.15, 0.2) is 5.11 Å². The fourth-order valence-corrected chi connectivity index (χ4v) is 1.91. The molecule has 0 heterocycles. The molecule has 0 spiro atoms. The molecule has 0 aromatic heterocycles. The Hall–Kier alpha value is -1.60. The van der Waals surface area contributed by atoms with Gasteiger partial charge >= 0.3 is 0 Å². The van der Waals surface area contributed by atoms with Crippen molar-refractivity contribution >= 4 is 23.0 Å². The summed E-state index contributed by atoms with van der Waals surface area (Å²) >= 11 is 5.39. The molecule has 0 amide bonds. The lowest BCUT2D eigenvalue weighted by Gasteiger charge is -2.26. The van der Waals surface area contributed by atoms with E-state index in [0.29, 0.717) is 24.0 Å². The molecule has 3 nitrogen and oxygen atoms in total. The van der Waals surface area contributed by atoms with Gasteiger partial charge in [-0.25, -0.2) is 0 Å².